The minimum Gasteiger partial charge on any atom is -0.484 e. The number of nitrogens with one attached hydrogen (secondary N) is 3. The molecule has 2 aromatic rings. The molecule has 0 aliphatic carbocycles. The summed E-state index contributed by atoms with van der Waals surface area (Å²) in [6.07, 6.45) is 0. The lowest BCUT2D eigenvalue weighted by atomic mass is 10.2. The minimum absolute atomic E-state index is 0.163. The molecule has 0 radical (unpaired) electrons. The van der Waals surface area contributed by atoms with Gasteiger partial charge in [-0.1, -0.05) is 23.7 Å². The molecule has 0 aliphatic rings. The molecule has 0 aliphatic heterocycles. The normalized spacial score (nSPS) is 9.84. The molecule has 0 heterocycles. The van der Waals surface area contributed by atoms with Crippen LogP contribution < -0.4 is 20.9 Å². The first-order chi connectivity index (χ1) is 12.0. The molecule has 6 nitrogen and oxygen atoms in total. The Balaban J connectivity index is 1.74. The van der Waals surface area contributed by atoms with Crippen molar-refractivity contribution in [3.8, 4) is 5.75 Å². The summed E-state index contributed by atoms with van der Waals surface area (Å²) >= 11 is 10.6. The number of ether oxygens (including phenoxy) is 1. The van der Waals surface area contributed by atoms with E-state index < -0.39 is 17.6 Å². The fraction of sp³-hybridized carbons (Fsp3) is 0.0625. The zero-order valence-corrected chi connectivity index (χ0v) is 14.3. The molecular formula is C16H13ClFN3O3S. The molecule has 2 amide bonds. The number of thiocarbonyl (C=S) groups is 1. The van der Waals surface area contributed by atoms with Crippen molar-refractivity contribution in [2.45, 2.75) is 0 Å². The van der Waals surface area contributed by atoms with E-state index in [-0.39, 0.29) is 17.3 Å². The Morgan fingerprint density at radius 2 is 1.76 bits per heavy atom. The SMILES string of the molecule is O=C(COc1ccc(Cl)cc1)NNC(=S)NC(=O)c1ccccc1F. The molecule has 0 bridgehead atoms. The maximum Gasteiger partial charge on any atom is 0.276 e. The van der Waals surface area contributed by atoms with Crippen LogP contribution in [-0.2, 0) is 4.79 Å². The van der Waals surface area contributed by atoms with Gasteiger partial charge in [-0.2, -0.15) is 0 Å². The number of benzene rings is 2. The predicted octanol–water partition coefficient (Wildman–Crippen LogP) is 2.19. The second-order valence-corrected chi connectivity index (χ2v) is 5.52. The summed E-state index contributed by atoms with van der Waals surface area (Å²) in [6, 6.07) is 11.9. The van der Waals surface area contributed by atoms with Gasteiger partial charge in [-0.15, -0.1) is 0 Å². The van der Waals surface area contributed by atoms with E-state index in [4.69, 9.17) is 28.6 Å². The summed E-state index contributed by atoms with van der Waals surface area (Å²) in [7, 11) is 0. The Hall–Kier alpha value is -2.71. The zero-order valence-electron chi connectivity index (χ0n) is 12.7. The highest BCUT2D eigenvalue weighted by atomic mass is 35.5. The van der Waals surface area contributed by atoms with E-state index in [0.29, 0.717) is 10.8 Å². The van der Waals surface area contributed by atoms with Gasteiger partial charge in [0.05, 0.1) is 5.56 Å². The van der Waals surface area contributed by atoms with Crippen LogP contribution in [0.25, 0.3) is 0 Å². The van der Waals surface area contributed by atoms with E-state index >= 15 is 0 Å². The van der Waals surface area contributed by atoms with Crippen LogP contribution in [0, 0.1) is 5.82 Å². The zero-order chi connectivity index (χ0) is 18.2. The van der Waals surface area contributed by atoms with Gasteiger partial charge in [-0.05, 0) is 48.6 Å². The standard InChI is InChI=1S/C16H13ClFN3O3S/c17-10-5-7-11(8-6-10)24-9-14(22)20-21-16(25)19-15(23)12-3-1-2-4-13(12)18/h1-8H,9H2,(H,20,22)(H2,19,21,23,25). The number of amides is 2. The molecule has 0 unspecified atom stereocenters. The van der Waals surface area contributed by atoms with Crippen molar-refractivity contribution in [3.63, 3.8) is 0 Å². The van der Waals surface area contributed by atoms with Gasteiger partial charge >= 0.3 is 0 Å². The molecule has 2 aromatic carbocycles. The third-order valence-electron chi connectivity index (χ3n) is 2.84. The Bertz CT molecular complexity index is 786. The van der Waals surface area contributed by atoms with Crippen LogP contribution in [0.5, 0.6) is 5.75 Å². The lowest BCUT2D eigenvalue weighted by Crippen LogP contribution is -2.49. The van der Waals surface area contributed by atoms with Crippen molar-refractivity contribution < 1.29 is 18.7 Å². The molecule has 0 spiro atoms. The van der Waals surface area contributed by atoms with Crippen LogP contribution in [0.2, 0.25) is 5.02 Å². The molecule has 0 atom stereocenters. The maximum atomic E-state index is 13.5. The van der Waals surface area contributed by atoms with E-state index in [2.05, 4.69) is 16.2 Å². The first-order valence-corrected chi connectivity index (χ1v) is 7.77. The van der Waals surface area contributed by atoms with Gasteiger partial charge in [0.1, 0.15) is 11.6 Å². The summed E-state index contributed by atoms with van der Waals surface area (Å²) in [6.45, 7) is -0.279. The highest BCUT2D eigenvalue weighted by Crippen LogP contribution is 2.15. The number of carbonyl (C=O) groups is 2. The highest BCUT2D eigenvalue weighted by molar-refractivity contribution is 7.80. The van der Waals surface area contributed by atoms with E-state index in [1.54, 1.807) is 24.3 Å². The molecule has 0 saturated heterocycles. The maximum absolute atomic E-state index is 13.5. The Kier molecular flexibility index (Phi) is 6.67. The van der Waals surface area contributed by atoms with Crippen molar-refractivity contribution in [1.82, 2.24) is 16.2 Å². The summed E-state index contributed by atoms with van der Waals surface area (Å²) in [5, 5.41) is 2.61. The van der Waals surface area contributed by atoms with Gasteiger partial charge in [0.25, 0.3) is 11.8 Å². The van der Waals surface area contributed by atoms with Gasteiger partial charge in [-0.25, -0.2) is 4.39 Å². The van der Waals surface area contributed by atoms with Crippen LogP contribution in [-0.4, -0.2) is 23.5 Å². The van der Waals surface area contributed by atoms with Crippen molar-refractivity contribution >= 4 is 40.7 Å². The largest absolute Gasteiger partial charge is 0.484 e. The average molecular weight is 382 g/mol. The van der Waals surface area contributed by atoms with Gasteiger partial charge in [0.15, 0.2) is 11.7 Å². The van der Waals surface area contributed by atoms with E-state index in [0.717, 1.165) is 6.07 Å². The van der Waals surface area contributed by atoms with Crippen molar-refractivity contribution in [3.05, 3.63) is 64.9 Å². The topological polar surface area (TPSA) is 79.5 Å². The van der Waals surface area contributed by atoms with Crippen molar-refractivity contribution in [1.29, 1.82) is 0 Å². The second kappa shape index (κ2) is 8.95. The monoisotopic (exact) mass is 381 g/mol. The fourth-order valence-corrected chi connectivity index (χ4v) is 1.96. The van der Waals surface area contributed by atoms with Crippen molar-refractivity contribution in [2.75, 3.05) is 6.61 Å². The molecule has 3 N–H and O–H groups in total. The number of halogens is 2. The highest BCUT2D eigenvalue weighted by Gasteiger charge is 2.12. The molecular weight excluding hydrogens is 369 g/mol. The number of carbonyl (C=O) groups excluding carboxylic acids is 2. The molecule has 0 aromatic heterocycles. The molecule has 0 saturated carbocycles. The number of hydrogen-bond acceptors (Lipinski definition) is 4. The van der Waals surface area contributed by atoms with Crippen LogP contribution in [0.15, 0.2) is 48.5 Å². The molecule has 0 fully saturated rings. The second-order valence-electron chi connectivity index (χ2n) is 4.68. The smallest absolute Gasteiger partial charge is 0.276 e. The first-order valence-electron chi connectivity index (χ1n) is 6.99. The van der Waals surface area contributed by atoms with Gasteiger partial charge < -0.3 is 4.74 Å². The quantitative estimate of drug-likeness (QED) is 0.559. The summed E-state index contributed by atoms with van der Waals surface area (Å²) < 4.78 is 18.7. The summed E-state index contributed by atoms with van der Waals surface area (Å²) in [5.41, 5.74) is 4.41. The number of rotatable bonds is 4. The van der Waals surface area contributed by atoms with E-state index in [9.17, 15) is 14.0 Å². The van der Waals surface area contributed by atoms with Gasteiger partial charge in [0.2, 0.25) is 0 Å². The Labute approximate surface area is 153 Å². The average Bonchev–Trinajstić information content (AvgIpc) is 2.59. The van der Waals surface area contributed by atoms with Gasteiger partial charge in [0, 0.05) is 5.02 Å². The number of hydrogen-bond donors (Lipinski definition) is 3. The van der Waals surface area contributed by atoms with Crippen LogP contribution >= 0.6 is 23.8 Å². The van der Waals surface area contributed by atoms with Crippen molar-refractivity contribution in [2.24, 2.45) is 0 Å². The van der Waals surface area contributed by atoms with E-state index in [1.807, 2.05) is 0 Å². The minimum atomic E-state index is -0.734. The van der Waals surface area contributed by atoms with Crippen LogP contribution in [0.1, 0.15) is 10.4 Å². The third kappa shape index (κ3) is 6.02. The fourth-order valence-electron chi connectivity index (χ4n) is 1.69. The third-order valence-corrected chi connectivity index (χ3v) is 3.30. The molecule has 130 valence electrons. The summed E-state index contributed by atoms with van der Waals surface area (Å²) in [4.78, 5) is 23.5. The van der Waals surface area contributed by atoms with Crippen LogP contribution in [0.3, 0.4) is 0 Å². The lowest BCUT2D eigenvalue weighted by molar-refractivity contribution is -0.123. The van der Waals surface area contributed by atoms with Crippen LogP contribution in [0.4, 0.5) is 4.39 Å². The molecule has 25 heavy (non-hydrogen) atoms. The predicted molar refractivity (Wildman–Crippen MR) is 94.7 cm³/mol. The summed E-state index contributed by atoms with van der Waals surface area (Å²) in [5.74, 6) is -1.47. The Morgan fingerprint density at radius 1 is 1.08 bits per heavy atom. The van der Waals surface area contributed by atoms with E-state index in [1.165, 1.54) is 18.2 Å². The van der Waals surface area contributed by atoms with Gasteiger partial charge in [-0.3, -0.25) is 25.8 Å². The number of hydrazine groups is 1. The Morgan fingerprint density at radius 3 is 2.44 bits per heavy atom. The lowest BCUT2D eigenvalue weighted by Gasteiger charge is -2.11. The molecule has 9 heteroatoms. The molecule has 2 rings (SSSR count). The first kappa shape index (κ1) is 18.6.